The lowest BCUT2D eigenvalue weighted by molar-refractivity contribution is -0.115. The number of rotatable bonds is 5. The zero-order chi connectivity index (χ0) is 18.5. The fourth-order valence-electron chi connectivity index (χ4n) is 2.11. The first kappa shape index (κ1) is 17.7. The molecule has 0 atom stereocenters. The van der Waals surface area contributed by atoms with Gasteiger partial charge in [0.15, 0.2) is 0 Å². The zero-order valence-electron chi connectivity index (χ0n) is 13.8. The number of benzene rings is 2. The highest BCUT2D eigenvalue weighted by molar-refractivity contribution is 7.18. The standard InChI is InChI=1S/C18H15FN4O2S/c1-11-2-4-13(5-3-11)17-22-23-18(26-17)21-15(24)10-20-16(25)12-6-8-14(19)9-7-12/h2-9H,10H2,1H3,(H,20,25)(H,21,23,24). The van der Waals surface area contributed by atoms with Crippen molar-refractivity contribution in [2.24, 2.45) is 0 Å². The SMILES string of the molecule is Cc1ccc(-c2nnc(NC(=O)CNC(=O)c3ccc(F)cc3)s2)cc1. The number of nitrogens with zero attached hydrogens (tertiary/aromatic N) is 2. The number of carbonyl (C=O) groups excluding carboxylic acids is 2. The van der Waals surface area contributed by atoms with Crippen LogP contribution in [0.2, 0.25) is 0 Å². The van der Waals surface area contributed by atoms with Crippen molar-refractivity contribution >= 4 is 28.3 Å². The first-order valence-corrected chi connectivity index (χ1v) is 8.57. The van der Waals surface area contributed by atoms with E-state index in [1.54, 1.807) is 0 Å². The summed E-state index contributed by atoms with van der Waals surface area (Å²) in [7, 11) is 0. The van der Waals surface area contributed by atoms with Gasteiger partial charge >= 0.3 is 0 Å². The summed E-state index contributed by atoms with van der Waals surface area (Å²) >= 11 is 1.24. The average Bonchev–Trinajstić information content (AvgIpc) is 3.09. The van der Waals surface area contributed by atoms with E-state index in [1.807, 2.05) is 31.2 Å². The maximum absolute atomic E-state index is 12.8. The molecule has 0 aliphatic heterocycles. The number of aryl methyl sites for hydroxylation is 1. The summed E-state index contributed by atoms with van der Waals surface area (Å²) in [5.41, 5.74) is 2.33. The molecule has 26 heavy (non-hydrogen) atoms. The Kier molecular flexibility index (Phi) is 5.33. The lowest BCUT2D eigenvalue weighted by Gasteiger charge is -2.04. The van der Waals surface area contributed by atoms with Crippen LogP contribution in [-0.2, 0) is 4.79 Å². The minimum atomic E-state index is -0.460. The maximum Gasteiger partial charge on any atom is 0.251 e. The van der Waals surface area contributed by atoms with Crippen LogP contribution in [0.15, 0.2) is 48.5 Å². The number of carbonyl (C=O) groups is 2. The van der Waals surface area contributed by atoms with Crippen LogP contribution in [0.4, 0.5) is 9.52 Å². The second-order valence-corrected chi connectivity index (χ2v) is 6.49. The molecule has 2 N–H and O–H groups in total. The fourth-order valence-corrected chi connectivity index (χ4v) is 2.88. The quantitative estimate of drug-likeness (QED) is 0.723. The number of nitrogens with one attached hydrogen (secondary N) is 2. The Labute approximate surface area is 153 Å². The van der Waals surface area contributed by atoms with Gasteiger partial charge in [-0.1, -0.05) is 41.2 Å². The molecule has 0 aliphatic carbocycles. The van der Waals surface area contributed by atoms with E-state index in [1.165, 1.54) is 35.6 Å². The number of halogens is 1. The highest BCUT2D eigenvalue weighted by Gasteiger charge is 2.11. The van der Waals surface area contributed by atoms with Gasteiger partial charge in [-0.05, 0) is 31.2 Å². The van der Waals surface area contributed by atoms with E-state index >= 15 is 0 Å². The summed E-state index contributed by atoms with van der Waals surface area (Å²) in [6, 6.07) is 12.9. The summed E-state index contributed by atoms with van der Waals surface area (Å²) in [5, 5.41) is 14.1. The largest absolute Gasteiger partial charge is 0.343 e. The van der Waals surface area contributed by atoms with E-state index in [-0.39, 0.29) is 12.1 Å². The van der Waals surface area contributed by atoms with Crippen LogP contribution in [0.1, 0.15) is 15.9 Å². The summed E-state index contributed by atoms with van der Waals surface area (Å²) in [6.07, 6.45) is 0. The zero-order valence-corrected chi connectivity index (χ0v) is 14.6. The molecule has 0 unspecified atom stereocenters. The van der Waals surface area contributed by atoms with Gasteiger partial charge in [-0.15, -0.1) is 10.2 Å². The van der Waals surface area contributed by atoms with Gasteiger partial charge in [0, 0.05) is 11.1 Å². The van der Waals surface area contributed by atoms with Crippen LogP contribution in [0, 0.1) is 12.7 Å². The van der Waals surface area contributed by atoms with Crippen molar-refractivity contribution in [2.75, 3.05) is 11.9 Å². The first-order valence-electron chi connectivity index (χ1n) is 7.75. The minimum Gasteiger partial charge on any atom is -0.343 e. The van der Waals surface area contributed by atoms with Gasteiger partial charge in [0.1, 0.15) is 10.8 Å². The third kappa shape index (κ3) is 4.48. The molecular weight excluding hydrogens is 355 g/mol. The molecule has 3 aromatic rings. The molecular formula is C18H15FN4O2S. The molecule has 0 radical (unpaired) electrons. The normalized spacial score (nSPS) is 10.4. The third-order valence-electron chi connectivity index (χ3n) is 3.49. The molecule has 0 saturated heterocycles. The predicted molar refractivity (Wildman–Crippen MR) is 97.4 cm³/mol. The highest BCUT2D eigenvalue weighted by atomic mass is 32.1. The molecule has 3 rings (SSSR count). The molecule has 6 nitrogen and oxygen atoms in total. The van der Waals surface area contributed by atoms with E-state index < -0.39 is 17.6 Å². The number of anilines is 1. The Hall–Kier alpha value is -3.13. The maximum atomic E-state index is 12.8. The van der Waals surface area contributed by atoms with Gasteiger partial charge < -0.3 is 5.32 Å². The minimum absolute atomic E-state index is 0.227. The van der Waals surface area contributed by atoms with Crippen LogP contribution in [0.25, 0.3) is 10.6 Å². The first-order chi connectivity index (χ1) is 12.5. The molecule has 8 heteroatoms. The van der Waals surface area contributed by atoms with Crippen molar-refractivity contribution in [3.05, 3.63) is 65.5 Å². The molecule has 2 amide bonds. The van der Waals surface area contributed by atoms with Crippen molar-refractivity contribution < 1.29 is 14.0 Å². The van der Waals surface area contributed by atoms with Crippen LogP contribution < -0.4 is 10.6 Å². The molecule has 0 aliphatic rings. The smallest absolute Gasteiger partial charge is 0.251 e. The molecule has 0 bridgehead atoms. The van der Waals surface area contributed by atoms with E-state index in [9.17, 15) is 14.0 Å². The molecule has 1 aromatic heterocycles. The second kappa shape index (κ2) is 7.83. The third-order valence-corrected chi connectivity index (χ3v) is 4.37. The molecule has 1 heterocycles. The second-order valence-electron chi connectivity index (χ2n) is 5.52. The molecule has 132 valence electrons. The Morgan fingerprint density at radius 2 is 1.73 bits per heavy atom. The Morgan fingerprint density at radius 3 is 2.42 bits per heavy atom. The lowest BCUT2D eigenvalue weighted by Crippen LogP contribution is -2.32. The van der Waals surface area contributed by atoms with Crippen LogP contribution in [0.5, 0.6) is 0 Å². The monoisotopic (exact) mass is 370 g/mol. The lowest BCUT2D eigenvalue weighted by atomic mass is 10.2. The average molecular weight is 370 g/mol. The van der Waals surface area contributed by atoms with Crippen LogP contribution in [0.3, 0.4) is 0 Å². The van der Waals surface area contributed by atoms with E-state index in [4.69, 9.17) is 0 Å². The summed E-state index contributed by atoms with van der Waals surface area (Å²) < 4.78 is 12.8. The van der Waals surface area contributed by atoms with Crippen molar-refractivity contribution in [3.63, 3.8) is 0 Å². The van der Waals surface area contributed by atoms with Crippen molar-refractivity contribution in [1.29, 1.82) is 0 Å². The van der Waals surface area contributed by atoms with Crippen molar-refractivity contribution in [3.8, 4) is 10.6 Å². The number of hydrogen-bond donors (Lipinski definition) is 2. The topological polar surface area (TPSA) is 84.0 Å². The highest BCUT2D eigenvalue weighted by Crippen LogP contribution is 2.26. The van der Waals surface area contributed by atoms with Crippen LogP contribution in [-0.4, -0.2) is 28.6 Å². The summed E-state index contributed by atoms with van der Waals surface area (Å²) in [5.74, 6) is -1.32. The number of hydrogen-bond acceptors (Lipinski definition) is 5. The van der Waals surface area contributed by atoms with E-state index in [2.05, 4.69) is 20.8 Å². The summed E-state index contributed by atoms with van der Waals surface area (Å²) in [4.78, 5) is 23.8. The molecule has 2 aromatic carbocycles. The van der Waals surface area contributed by atoms with Crippen LogP contribution >= 0.6 is 11.3 Å². The van der Waals surface area contributed by atoms with Crippen molar-refractivity contribution in [2.45, 2.75) is 6.92 Å². The Balaban J connectivity index is 1.54. The van der Waals surface area contributed by atoms with Gasteiger partial charge in [0.25, 0.3) is 5.91 Å². The Morgan fingerprint density at radius 1 is 1.04 bits per heavy atom. The van der Waals surface area contributed by atoms with Gasteiger partial charge in [-0.3, -0.25) is 14.9 Å². The van der Waals surface area contributed by atoms with Gasteiger partial charge in [0.05, 0.1) is 6.54 Å². The van der Waals surface area contributed by atoms with E-state index in [0.29, 0.717) is 10.1 Å². The van der Waals surface area contributed by atoms with Gasteiger partial charge in [-0.2, -0.15) is 0 Å². The predicted octanol–water partition coefficient (Wildman–Crippen LogP) is 3.02. The molecule has 0 fully saturated rings. The summed E-state index contributed by atoms with van der Waals surface area (Å²) in [6.45, 7) is 1.77. The van der Waals surface area contributed by atoms with Gasteiger partial charge in [0.2, 0.25) is 11.0 Å². The number of aromatic nitrogens is 2. The van der Waals surface area contributed by atoms with E-state index in [0.717, 1.165) is 11.1 Å². The molecule has 0 spiro atoms. The van der Waals surface area contributed by atoms with Gasteiger partial charge in [-0.25, -0.2) is 4.39 Å². The molecule has 0 saturated carbocycles. The van der Waals surface area contributed by atoms with Crippen molar-refractivity contribution in [1.82, 2.24) is 15.5 Å². The fraction of sp³-hybridized carbons (Fsp3) is 0.111. The Bertz CT molecular complexity index is 923. The number of amides is 2.